The lowest BCUT2D eigenvalue weighted by Gasteiger charge is -2.07. The molecule has 0 N–H and O–H groups in total. The van der Waals surface area contributed by atoms with Crippen LogP contribution in [0, 0.1) is 15.9 Å². The molecule has 0 aliphatic carbocycles. The van der Waals surface area contributed by atoms with Crippen LogP contribution in [0.3, 0.4) is 0 Å². The van der Waals surface area contributed by atoms with Gasteiger partial charge in [-0.25, -0.2) is 4.39 Å². The number of rotatable bonds is 3. The van der Waals surface area contributed by atoms with E-state index in [9.17, 15) is 23.3 Å². The highest BCUT2D eigenvalue weighted by Gasteiger charge is 2.19. The number of nitrogens with zero attached hydrogens (tertiary/aromatic N) is 1. The van der Waals surface area contributed by atoms with Gasteiger partial charge in [-0.3, -0.25) is 10.1 Å². The fourth-order valence-electron chi connectivity index (χ4n) is 0.854. The average Bonchev–Trinajstić information content (AvgIpc) is 2.10. The van der Waals surface area contributed by atoms with Crippen LogP contribution in [0.15, 0.2) is 16.6 Å². The fourth-order valence-corrected chi connectivity index (χ4v) is 1.37. The quantitative estimate of drug-likeness (QED) is 0.633. The van der Waals surface area contributed by atoms with E-state index in [2.05, 4.69) is 20.7 Å². The van der Waals surface area contributed by atoms with Crippen molar-refractivity contribution in [2.75, 3.05) is 0 Å². The van der Waals surface area contributed by atoms with Gasteiger partial charge in [0.15, 0.2) is 11.6 Å². The molecule has 0 amide bonds. The Bertz CT molecular complexity index is 376. The zero-order valence-electron chi connectivity index (χ0n) is 6.92. The van der Waals surface area contributed by atoms with Crippen LogP contribution in [0.1, 0.15) is 0 Å². The molecule has 0 heterocycles. The summed E-state index contributed by atoms with van der Waals surface area (Å²) in [7, 11) is 0. The molecule has 0 aromatic heterocycles. The normalized spacial score (nSPS) is 10.5. The van der Waals surface area contributed by atoms with Gasteiger partial charge in [0.05, 0.1) is 15.5 Å². The Balaban J connectivity index is 3.15. The van der Waals surface area contributed by atoms with Crippen LogP contribution in [-0.4, -0.2) is 11.5 Å². The van der Waals surface area contributed by atoms with Crippen molar-refractivity contribution in [3.8, 4) is 5.75 Å². The number of nitro benzene ring substituents is 1. The van der Waals surface area contributed by atoms with E-state index < -0.39 is 28.8 Å². The first kappa shape index (κ1) is 11.8. The molecule has 0 aliphatic rings. The zero-order valence-corrected chi connectivity index (χ0v) is 8.50. The SMILES string of the molecule is O=[N+]([O-])c1cc(F)c(OC(F)F)c(Br)c1. The van der Waals surface area contributed by atoms with E-state index in [-0.39, 0.29) is 4.47 Å². The van der Waals surface area contributed by atoms with E-state index in [1.807, 2.05) is 0 Å². The van der Waals surface area contributed by atoms with Crippen molar-refractivity contribution in [3.63, 3.8) is 0 Å². The molecule has 8 heteroatoms. The summed E-state index contributed by atoms with van der Waals surface area (Å²) in [6.07, 6.45) is 0. The Labute approximate surface area is 89.9 Å². The van der Waals surface area contributed by atoms with E-state index in [0.717, 1.165) is 6.07 Å². The van der Waals surface area contributed by atoms with Gasteiger partial charge in [0.25, 0.3) is 5.69 Å². The monoisotopic (exact) mass is 285 g/mol. The van der Waals surface area contributed by atoms with Gasteiger partial charge in [-0.15, -0.1) is 0 Å². The first-order valence-corrected chi connectivity index (χ1v) is 4.29. The summed E-state index contributed by atoms with van der Waals surface area (Å²) in [5.41, 5.74) is -0.555. The molecule has 15 heavy (non-hydrogen) atoms. The van der Waals surface area contributed by atoms with Gasteiger partial charge in [0.2, 0.25) is 0 Å². The third-order valence-corrected chi connectivity index (χ3v) is 1.99. The van der Waals surface area contributed by atoms with Crippen LogP contribution in [0.4, 0.5) is 18.9 Å². The van der Waals surface area contributed by atoms with Crippen LogP contribution in [0.5, 0.6) is 5.75 Å². The number of benzene rings is 1. The number of nitro groups is 1. The first-order valence-electron chi connectivity index (χ1n) is 3.50. The van der Waals surface area contributed by atoms with Gasteiger partial charge in [-0.1, -0.05) is 0 Å². The Hall–Kier alpha value is -1.31. The summed E-state index contributed by atoms with van der Waals surface area (Å²) in [6, 6.07) is 1.38. The lowest BCUT2D eigenvalue weighted by atomic mass is 10.3. The highest BCUT2D eigenvalue weighted by atomic mass is 79.9. The summed E-state index contributed by atoms with van der Waals surface area (Å²) in [5.74, 6) is -1.98. The number of halogens is 4. The molecule has 0 unspecified atom stereocenters. The molecule has 1 aromatic carbocycles. The molecule has 0 spiro atoms. The van der Waals surface area contributed by atoms with Crippen LogP contribution in [0.25, 0.3) is 0 Å². The van der Waals surface area contributed by atoms with E-state index in [0.29, 0.717) is 6.07 Å². The second-order valence-corrected chi connectivity index (χ2v) is 3.23. The van der Waals surface area contributed by atoms with E-state index in [4.69, 9.17) is 0 Å². The standard InChI is InChI=1S/C7H3BrF3NO3/c8-4-1-3(12(13)14)2-5(9)6(4)15-7(10)11/h1-2,7H. The van der Waals surface area contributed by atoms with E-state index >= 15 is 0 Å². The molecule has 0 bridgehead atoms. The Kier molecular flexibility index (Phi) is 3.51. The summed E-state index contributed by atoms with van der Waals surface area (Å²) < 4.78 is 40.2. The smallest absolute Gasteiger partial charge is 0.387 e. The Morgan fingerprint density at radius 1 is 1.47 bits per heavy atom. The number of alkyl halides is 2. The van der Waals surface area contributed by atoms with Crippen LogP contribution in [-0.2, 0) is 0 Å². The minimum Gasteiger partial charge on any atom is -0.430 e. The highest BCUT2D eigenvalue weighted by molar-refractivity contribution is 9.10. The predicted molar refractivity (Wildman–Crippen MR) is 47.4 cm³/mol. The molecule has 0 saturated heterocycles. The predicted octanol–water partition coefficient (Wildman–Crippen LogP) is 3.10. The molecule has 0 saturated carbocycles. The van der Waals surface area contributed by atoms with Crippen LogP contribution in [0.2, 0.25) is 0 Å². The summed E-state index contributed by atoms with van der Waals surface area (Å²) in [4.78, 5) is 9.42. The second-order valence-electron chi connectivity index (χ2n) is 2.37. The van der Waals surface area contributed by atoms with Gasteiger partial charge in [0.1, 0.15) is 0 Å². The minimum atomic E-state index is -3.20. The highest BCUT2D eigenvalue weighted by Crippen LogP contribution is 2.33. The molecule has 0 aliphatic heterocycles. The number of hydrogen-bond donors (Lipinski definition) is 0. The van der Waals surface area contributed by atoms with Crippen molar-refractivity contribution in [3.05, 3.63) is 32.5 Å². The topological polar surface area (TPSA) is 52.4 Å². The molecule has 1 rings (SSSR count). The maximum Gasteiger partial charge on any atom is 0.387 e. The van der Waals surface area contributed by atoms with Gasteiger partial charge in [-0.05, 0) is 15.9 Å². The number of non-ortho nitro benzene ring substituents is 1. The van der Waals surface area contributed by atoms with Crippen molar-refractivity contribution in [1.29, 1.82) is 0 Å². The lowest BCUT2D eigenvalue weighted by molar-refractivity contribution is -0.385. The third kappa shape index (κ3) is 2.82. The molecule has 1 aromatic rings. The molecule has 0 fully saturated rings. The maximum atomic E-state index is 13.0. The average molecular weight is 286 g/mol. The van der Waals surface area contributed by atoms with E-state index in [1.165, 1.54) is 0 Å². The molecule has 4 nitrogen and oxygen atoms in total. The van der Waals surface area contributed by atoms with Crippen molar-refractivity contribution in [1.82, 2.24) is 0 Å². The minimum absolute atomic E-state index is 0.241. The molecular weight excluding hydrogens is 283 g/mol. The molecule has 82 valence electrons. The van der Waals surface area contributed by atoms with E-state index in [1.54, 1.807) is 0 Å². The van der Waals surface area contributed by atoms with Crippen molar-refractivity contribution in [2.24, 2.45) is 0 Å². The van der Waals surface area contributed by atoms with Crippen molar-refractivity contribution < 1.29 is 22.8 Å². The number of hydrogen-bond acceptors (Lipinski definition) is 3. The van der Waals surface area contributed by atoms with Crippen molar-refractivity contribution >= 4 is 21.6 Å². The second kappa shape index (κ2) is 4.47. The molecule has 0 atom stereocenters. The summed E-state index contributed by atoms with van der Waals surface area (Å²) >= 11 is 2.69. The van der Waals surface area contributed by atoms with Gasteiger partial charge >= 0.3 is 6.61 Å². The van der Waals surface area contributed by atoms with Gasteiger partial charge in [-0.2, -0.15) is 8.78 Å². The third-order valence-electron chi connectivity index (χ3n) is 1.40. The van der Waals surface area contributed by atoms with Gasteiger partial charge < -0.3 is 4.74 Å². The number of ether oxygens (including phenoxy) is 1. The molecular formula is C7H3BrF3NO3. The summed E-state index contributed by atoms with van der Waals surface area (Å²) in [5, 5.41) is 10.3. The first-order chi connectivity index (χ1) is 6.91. The lowest BCUT2D eigenvalue weighted by Crippen LogP contribution is -2.05. The maximum absolute atomic E-state index is 13.0. The molecule has 0 radical (unpaired) electrons. The Morgan fingerprint density at radius 3 is 2.47 bits per heavy atom. The van der Waals surface area contributed by atoms with Crippen molar-refractivity contribution in [2.45, 2.75) is 6.61 Å². The van der Waals surface area contributed by atoms with Gasteiger partial charge in [0, 0.05) is 6.07 Å². The van der Waals surface area contributed by atoms with Crippen LogP contribution >= 0.6 is 15.9 Å². The summed E-state index contributed by atoms with van der Waals surface area (Å²) in [6.45, 7) is -3.20. The fraction of sp³-hybridized carbons (Fsp3) is 0.143. The Morgan fingerprint density at radius 2 is 2.07 bits per heavy atom. The zero-order chi connectivity index (χ0) is 11.6. The van der Waals surface area contributed by atoms with Crippen LogP contribution < -0.4 is 4.74 Å². The largest absolute Gasteiger partial charge is 0.430 e.